The van der Waals surface area contributed by atoms with Crippen molar-refractivity contribution in [2.45, 2.75) is 82.6 Å². The van der Waals surface area contributed by atoms with E-state index >= 15 is 0 Å². The predicted octanol–water partition coefficient (Wildman–Crippen LogP) is -0.281. The number of hydrogen-bond donors (Lipinski definition) is 8. The molecule has 0 aliphatic rings. The fraction of sp³-hybridized carbons (Fsp3) is 0.552. The van der Waals surface area contributed by atoms with Crippen molar-refractivity contribution in [2.24, 2.45) is 11.7 Å². The molecular formula is C29H43N5O10S. The molecule has 1 aromatic rings. The maximum absolute atomic E-state index is 13.3. The first-order valence-corrected chi connectivity index (χ1v) is 15.8. The zero-order chi connectivity index (χ0) is 34.1. The molecule has 0 unspecified atom stereocenters. The van der Waals surface area contributed by atoms with E-state index in [2.05, 4.69) is 21.3 Å². The predicted molar refractivity (Wildman–Crippen MR) is 165 cm³/mol. The second kappa shape index (κ2) is 20.0. The lowest BCUT2D eigenvalue weighted by molar-refractivity contribution is -0.145. The van der Waals surface area contributed by atoms with Crippen molar-refractivity contribution in [3.63, 3.8) is 0 Å². The first-order valence-electron chi connectivity index (χ1n) is 14.4. The molecule has 0 heterocycles. The van der Waals surface area contributed by atoms with Crippen LogP contribution in [0.15, 0.2) is 30.3 Å². The summed E-state index contributed by atoms with van der Waals surface area (Å²) in [6.45, 7) is 3.30. The molecule has 0 aromatic heterocycles. The lowest BCUT2D eigenvalue weighted by atomic mass is 9.98. The Morgan fingerprint density at radius 3 is 1.82 bits per heavy atom. The molecule has 0 saturated heterocycles. The summed E-state index contributed by atoms with van der Waals surface area (Å²) in [5.74, 6) is -7.74. The molecule has 250 valence electrons. The van der Waals surface area contributed by atoms with E-state index in [4.69, 9.17) is 5.73 Å². The molecule has 0 fully saturated rings. The molecule has 6 atom stereocenters. The van der Waals surface area contributed by atoms with Crippen LogP contribution in [-0.4, -0.2) is 99.1 Å². The van der Waals surface area contributed by atoms with E-state index in [9.17, 15) is 48.9 Å². The van der Waals surface area contributed by atoms with E-state index in [0.29, 0.717) is 12.2 Å². The second-order valence-electron chi connectivity index (χ2n) is 10.5. The van der Waals surface area contributed by atoms with Crippen molar-refractivity contribution < 1.29 is 48.9 Å². The van der Waals surface area contributed by atoms with Gasteiger partial charge in [-0.25, -0.2) is 4.79 Å². The summed E-state index contributed by atoms with van der Waals surface area (Å²) < 4.78 is 0. The summed E-state index contributed by atoms with van der Waals surface area (Å²) in [6, 6.07) is 2.08. The van der Waals surface area contributed by atoms with Gasteiger partial charge in [0.2, 0.25) is 23.6 Å². The number of thioether (sulfide) groups is 1. The highest BCUT2D eigenvalue weighted by molar-refractivity contribution is 7.98. The van der Waals surface area contributed by atoms with Crippen molar-refractivity contribution in [1.82, 2.24) is 21.3 Å². The lowest BCUT2D eigenvalue weighted by Crippen LogP contribution is -2.59. The van der Waals surface area contributed by atoms with Gasteiger partial charge in [-0.05, 0) is 42.8 Å². The molecule has 0 spiro atoms. The van der Waals surface area contributed by atoms with Crippen molar-refractivity contribution in [2.75, 3.05) is 12.0 Å². The number of aliphatic carboxylic acids is 3. The third-order valence-electron chi connectivity index (χ3n) is 6.95. The number of carbonyl (C=O) groups excluding carboxylic acids is 4. The van der Waals surface area contributed by atoms with Crippen LogP contribution in [0.25, 0.3) is 0 Å². The van der Waals surface area contributed by atoms with Gasteiger partial charge in [0.15, 0.2) is 0 Å². The average molecular weight is 654 g/mol. The number of carboxylic acids is 3. The Hall–Kier alpha value is -4.18. The van der Waals surface area contributed by atoms with E-state index in [1.807, 2.05) is 0 Å². The minimum absolute atomic E-state index is 0.0257. The van der Waals surface area contributed by atoms with Crippen molar-refractivity contribution in [3.8, 4) is 0 Å². The lowest BCUT2D eigenvalue weighted by Gasteiger charge is -2.26. The van der Waals surface area contributed by atoms with Gasteiger partial charge in [-0.2, -0.15) is 11.8 Å². The van der Waals surface area contributed by atoms with Gasteiger partial charge >= 0.3 is 17.9 Å². The maximum Gasteiger partial charge on any atom is 0.326 e. The second-order valence-corrected chi connectivity index (χ2v) is 11.5. The first-order chi connectivity index (χ1) is 21.2. The van der Waals surface area contributed by atoms with Gasteiger partial charge in [-0.15, -0.1) is 0 Å². The summed E-state index contributed by atoms with van der Waals surface area (Å²) in [7, 11) is 0. The van der Waals surface area contributed by atoms with Crippen LogP contribution < -0.4 is 27.0 Å². The fourth-order valence-electron chi connectivity index (χ4n) is 4.15. The number of carboxylic acid groups (broad SMARTS) is 3. The quantitative estimate of drug-likeness (QED) is 0.0853. The highest BCUT2D eigenvalue weighted by Gasteiger charge is 2.34. The van der Waals surface area contributed by atoms with Gasteiger partial charge in [-0.3, -0.25) is 28.8 Å². The molecule has 0 aliphatic heterocycles. The standard InChI is InChI=1S/C29H43N5O10S/c1-4-16(2)24(29(43)44)34-28(42)21(15-23(37)38)33-27(41)20(12-13-45-3)32-26(40)19(10-11-22(35)36)31-25(39)18(30)14-17-8-6-5-7-9-17/h5-9,16,18-21,24H,4,10-15,30H2,1-3H3,(H,31,39)(H,32,40)(H,33,41)(H,34,42)(H,35,36)(H,37,38)(H,43,44)/t16-,18-,19-,20-,21-,24-/m0/s1. The average Bonchev–Trinajstić information content (AvgIpc) is 2.98. The number of nitrogens with one attached hydrogen (secondary N) is 4. The van der Waals surface area contributed by atoms with Crippen LogP contribution in [0.2, 0.25) is 0 Å². The van der Waals surface area contributed by atoms with E-state index in [0.717, 1.165) is 5.56 Å². The number of hydrogen-bond acceptors (Lipinski definition) is 9. The minimum atomic E-state index is -1.67. The molecule has 45 heavy (non-hydrogen) atoms. The van der Waals surface area contributed by atoms with Crippen molar-refractivity contribution in [1.29, 1.82) is 0 Å². The van der Waals surface area contributed by atoms with Gasteiger partial charge in [0, 0.05) is 6.42 Å². The van der Waals surface area contributed by atoms with Crippen LogP contribution in [0.1, 0.15) is 51.5 Å². The molecule has 15 nitrogen and oxygen atoms in total. The molecule has 4 amide bonds. The first kappa shape index (κ1) is 38.8. The number of rotatable bonds is 21. The molecule has 0 saturated carbocycles. The molecule has 9 N–H and O–H groups in total. The van der Waals surface area contributed by atoms with Crippen LogP contribution in [0.5, 0.6) is 0 Å². The number of carbonyl (C=O) groups is 7. The summed E-state index contributed by atoms with van der Waals surface area (Å²) in [5.41, 5.74) is 6.79. The highest BCUT2D eigenvalue weighted by atomic mass is 32.2. The van der Waals surface area contributed by atoms with Gasteiger partial charge in [0.05, 0.1) is 12.5 Å². The zero-order valence-electron chi connectivity index (χ0n) is 25.5. The number of nitrogens with two attached hydrogens (primary N) is 1. The van der Waals surface area contributed by atoms with Crippen LogP contribution in [0.4, 0.5) is 0 Å². The number of benzene rings is 1. The minimum Gasteiger partial charge on any atom is -0.481 e. The fourth-order valence-corrected chi connectivity index (χ4v) is 4.62. The Morgan fingerprint density at radius 1 is 0.778 bits per heavy atom. The molecule has 16 heteroatoms. The topological polar surface area (TPSA) is 254 Å². The summed E-state index contributed by atoms with van der Waals surface area (Å²) in [6.07, 6.45) is 0.622. The number of amides is 4. The largest absolute Gasteiger partial charge is 0.481 e. The van der Waals surface area contributed by atoms with Crippen molar-refractivity contribution in [3.05, 3.63) is 35.9 Å². The smallest absolute Gasteiger partial charge is 0.326 e. The molecule has 0 radical (unpaired) electrons. The third kappa shape index (κ3) is 14.4. The van der Waals surface area contributed by atoms with E-state index < -0.39 is 90.5 Å². The van der Waals surface area contributed by atoms with Gasteiger partial charge in [0.1, 0.15) is 24.2 Å². The van der Waals surface area contributed by atoms with Gasteiger partial charge < -0.3 is 42.3 Å². The van der Waals surface area contributed by atoms with E-state index in [1.165, 1.54) is 11.8 Å². The Morgan fingerprint density at radius 2 is 1.31 bits per heavy atom. The van der Waals surface area contributed by atoms with Crippen LogP contribution >= 0.6 is 11.8 Å². The maximum atomic E-state index is 13.3. The summed E-state index contributed by atoms with van der Waals surface area (Å²) in [5, 5.41) is 37.5. The Kier molecular flexibility index (Phi) is 17.2. The van der Waals surface area contributed by atoms with Crippen molar-refractivity contribution >= 4 is 53.3 Å². The Bertz CT molecular complexity index is 1190. The zero-order valence-corrected chi connectivity index (χ0v) is 26.3. The van der Waals surface area contributed by atoms with Gasteiger partial charge in [0.25, 0.3) is 0 Å². The summed E-state index contributed by atoms with van der Waals surface area (Å²) in [4.78, 5) is 86.8. The van der Waals surface area contributed by atoms with Gasteiger partial charge in [-0.1, -0.05) is 50.6 Å². The molecular weight excluding hydrogens is 610 g/mol. The molecule has 0 aliphatic carbocycles. The third-order valence-corrected chi connectivity index (χ3v) is 7.59. The van der Waals surface area contributed by atoms with Crippen LogP contribution in [0.3, 0.4) is 0 Å². The molecule has 0 bridgehead atoms. The molecule has 1 aromatic carbocycles. The normalized spacial score (nSPS) is 14.8. The van der Waals surface area contributed by atoms with Crippen LogP contribution in [0, 0.1) is 5.92 Å². The van der Waals surface area contributed by atoms with E-state index in [-0.39, 0.29) is 19.3 Å². The molecule has 1 rings (SSSR count). The van der Waals surface area contributed by atoms with Crippen LogP contribution in [-0.2, 0) is 40.0 Å². The van der Waals surface area contributed by atoms with E-state index in [1.54, 1.807) is 50.4 Å². The Balaban J connectivity index is 3.14. The monoisotopic (exact) mass is 653 g/mol. The summed E-state index contributed by atoms with van der Waals surface area (Å²) >= 11 is 1.33. The highest BCUT2D eigenvalue weighted by Crippen LogP contribution is 2.10. The SMILES string of the molecule is CC[C@H](C)[C@H](NC(=O)[C@H](CC(=O)O)NC(=O)[C@H](CCSC)NC(=O)[C@H](CCC(=O)O)NC(=O)[C@@H](N)Cc1ccccc1)C(=O)O. The Labute approximate surface area is 265 Å².